The first-order chi connectivity index (χ1) is 8.06. The average Bonchev–Trinajstić information content (AvgIpc) is 2.27. The molecule has 2 atom stereocenters. The fraction of sp³-hybridized carbons (Fsp3) is 0.538. The third-order valence-electron chi connectivity index (χ3n) is 3.58. The van der Waals surface area contributed by atoms with E-state index in [0.29, 0.717) is 17.8 Å². The lowest BCUT2D eigenvalue weighted by Gasteiger charge is -2.36. The highest BCUT2D eigenvalue weighted by Gasteiger charge is 2.22. The van der Waals surface area contributed by atoms with E-state index in [1.807, 2.05) is 0 Å². The van der Waals surface area contributed by atoms with Crippen molar-refractivity contribution in [2.24, 2.45) is 0 Å². The topological polar surface area (TPSA) is 41.3 Å². The molecule has 1 aromatic carbocycles. The number of piperidine rings is 1. The largest absolute Gasteiger partial charge is 0.397 e. The first-order valence-corrected chi connectivity index (χ1v) is 6.08. The van der Waals surface area contributed by atoms with E-state index in [0.717, 1.165) is 25.1 Å². The molecule has 17 heavy (non-hydrogen) atoms. The lowest BCUT2D eigenvalue weighted by atomic mass is 9.98. The Balaban J connectivity index is 2.01. The van der Waals surface area contributed by atoms with Gasteiger partial charge < -0.3 is 16.0 Å². The summed E-state index contributed by atoms with van der Waals surface area (Å²) in [6, 6.07) is 5.52. The zero-order valence-corrected chi connectivity index (χ0v) is 10.4. The van der Waals surface area contributed by atoms with E-state index in [2.05, 4.69) is 24.2 Å². The third-order valence-corrected chi connectivity index (χ3v) is 3.58. The van der Waals surface area contributed by atoms with Crippen molar-refractivity contribution in [3.05, 3.63) is 24.0 Å². The molecule has 0 spiro atoms. The van der Waals surface area contributed by atoms with Gasteiger partial charge in [-0.1, -0.05) is 0 Å². The molecule has 3 nitrogen and oxygen atoms in total. The van der Waals surface area contributed by atoms with Crippen LogP contribution in [0.3, 0.4) is 0 Å². The number of nitrogens with zero attached hydrogens (tertiary/aromatic N) is 1. The summed E-state index contributed by atoms with van der Waals surface area (Å²) >= 11 is 0. The van der Waals surface area contributed by atoms with Gasteiger partial charge in [0.1, 0.15) is 5.82 Å². The lowest BCUT2D eigenvalue weighted by Crippen LogP contribution is -2.42. The molecule has 1 saturated heterocycles. The standard InChI is InChI=1S/C13H20FN3/c1-9-7-11(5-6-17(9)2)16-13-4-3-10(14)8-12(13)15/h3-4,8-9,11,16H,5-7,15H2,1-2H3. The summed E-state index contributed by atoms with van der Waals surface area (Å²) in [5, 5.41) is 3.41. The van der Waals surface area contributed by atoms with Crippen molar-refractivity contribution in [2.75, 3.05) is 24.6 Å². The number of likely N-dealkylation sites (tertiary alicyclic amines) is 1. The number of hydrogen-bond donors (Lipinski definition) is 2. The van der Waals surface area contributed by atoms with E-state index in [-0.39, 0.29) is 5.82 Å². The molecular formula is C13H20FN3. The molecule has 1 aliphatic rings. The highest BCUT2D eigenvalue weighted by molar-refractivity contribution is 5.66. The van der Waals surface area contributed by atoms with Gasteiger partial charge in [-0.15, -0.1) is 0 Å². The molecule has 0 bridgehead atoms. The van der Waals surface area contributed by atoms with E-state index >= 15 is 0 Å². The molecule has 1 aliphatic heterocycles. The summed E-state index contributed by atoms with van der Waals surface area (Å²) in [7, 11) is 2.15. The van der Waals surface area contributed by atoms with Crippen molar-refractivity contribution in [1.29, 1.82) is 0 Å². The Morgan fingerprint density at radius 2 is 2.24 bits per heavy atom. The van der Waals surface area contributed by atoms with Crippen molar-refractivity contribution in [2.45, 2.75) is 31.8 Å². The molecule has 0 aliphatic carbocycles. The Hall–Kier alpha value is -1.29. The summed E-state index contributed by atoms with van der Waals surface area (Å²) < 4.78 is 12.9. The van der Waals surface area contributed by atoms with Crippen LogP contribution in [0, 0.1) is 5.82 Å². The highest BCUT2D eigenvalue weighted by atomic mass is 19.1. The highest BCUT2D eigenvalue weighted by Crippen LogP contribution is 2.24. The first-order valence-electron chi connectivity index (χ1n) is 6.08. The summed E-state index contributed by atoms with van der Waals surface area (Å²) in [4.78, 5) is 2.35. The molecule has 0 amide bonds. The molecular weight excluding hydrogens is 217 g/mol. The molecule has 4 heteroatoms. The van der Waals surface area contributed by atoms with Crippen LogP contribution in [0.1, 0.15) is 19.8 Å². The predicted octanol–water partition coefficient (Wildman–Crippen LogP) is 2.30. The second-order valence-corrected chi connectivity index (χ2v) is 4.93. The van der Waals surface area contributed by atoms with Crippen molar-refractivity contribution in [1.82, 2.24) is 4.90 Å². The van der Waals surface area contributed by atoms with Crippen LogP contribution < -0.4 is 11.1 Å². The van der Waals surface area contributed by atoms with E-state index in [1.54, 1.807) is 6.07 Å². The molecule has 94 valence electrons. The molecule has 1 heterocycles. The van der Waals surface area contributed by atoms with Crippen LogP contribution in [-0.2, 0) is 0 Å². The number of anilines is 2. The number of nitrogens with two attached hydrogens (primary N) is 1. The van der Waals surface area contributed by atoms with Crippen LogP contribution in [0.15, 0.2) is 18.2 Å². The SMILES string of the molecule is CC1CC(Nc2ccc(F)cc2N)CCN1C. The van der Waals surface area contributed by atoms with Crippen LogP contribution in [0.2, 0.25) is 0 Å². The van der Waals surface area contributed by atoms with Gasteiger partial charge in [0.05, 0.1) is 11.4 Å². The van der Waals surface area contributed by atoms with Gasteiger partial charge in [-0.05, 0) is 45.0 Å². The van der Waals surface area contributed by atoms with Gasteiger partial charge in [0.25, 0.3) is 0 Å². The van der Waals surface area contributed by atoms with Gasteiger partial charge in [-0.2, -0.15) is 0 Å². The minimum absolute atomic E-state index is 0.287. The van der Waals surface area contributed by atoms with Gasteiger partial charge in [0.15, 0.2) is 0 Å². The number of nitrogen functional groups attached to an aromatic ring is 1. The van der Waals surface area contributed by atoms with Gasteiger partial charge in [-0.3, -0.25) is 0 Å². The maximum atomic E-state index is 12.9. The predicted molar refractivity (Wildman–Crippen MR) is 69.5 cm³/mol. The number of benzene rings is 1. The fourth-order valence-electron chi connectivity index (χ4n) is 2.31. The van der Waals surface area contributed by atoms with E-state index < -0.39 is 0 Å². The molecule has 0 radical (unpaired) electrons. The van der Waals surface area contributed by atoms with Gasteiger partial charge in [0, 0.05) is 18.6 Å². The smallest absolute Gasteiger partial charge is 0.125 e. The molecule has 1 aromatic rings. The Morgan fingerprint density at radius 1 is 1.47 bits per heavy atom. The van der Waals surface area contributed by atoms with Gasteiger partial charge >= 0.3 is 0 Å². The van der Waals surface area contributed by atoms with E-state index in [9.17, 15) is 4.39 Å². The van der Waals surface area contributed by atoms with Crippen molar-refractivity contribution in [3.8, 4) is 0 Å². The third kappa shape index (κ3) is 2.88. The van der Waals surface area contributed by atoms with Crippen LogP contribution in [0.5, 0.6) is 0 Å². The minimum atomic E-state index is -0.287. The molecule has 0 aromatic heterocycles. The normalized spacial score (nSPS) is 25.8. The molecule has 1 fully saturated rings. The number of halogens is 1. The number of nitrogens with one attached hydrogen (secondary N) is 1. The zero-order chi connectivity index (χ0) is 12.4. The summed E-state index contributed by atoms with van der Waals surface area (Å²) in [5.41, 5.74) is 7.11. The number of hydrogen-bond acceptors (Lipinski definition) is 3. The molecule has 3 N–H and O–H groups in total. The Morgan fingerprint density at radius 3 is 2.88 bits per heavy atom. The van der Waals surface area contributed by atoms with Crippen molar-refractivity contribution < 1.29 is 4.39 Å². The molecule has 2 unspecified atom stereocenters. The maximum absolute atomic E-state index is 12.9. The Bertz CT molecular complexity index is 394. The van der Waals surface area contributed by atoms with Gasteiger partial charge in [-0.25, -0.2) is 4.39 Å². The molecule has 0 saturated carbocycles. The zero-order valence-electron chi connectivity index (χ0n) is 10.4. The Kier molecular flexibility index (Phi) is 3.52. The van der Waals surface area contributed by atoms with Crippen LogP contribution in [-0.4, -0.2) is 30.6 Å². The van der Waals surface area contributed by atoms with Crippen LogP contribution >= 0.6 is 0 Å². The fourth-order valence-corrected chi connectivity index (χ4v) is 2.31. The first kappa shape index (κ1) is 12.2. The molecule has 2 rings (SSSR count). The summed E-state index contributed by atoms with van der Waals surface area (Å²) in [6.45, 7) is 3.31. The Labute approximate surface area is 102 Å². The lowest BCUT2D eigenvalue weighted by molar-refractivity contribution is 0.190. The minimum Gasteiger partial charge on any atom is -0.397 e. The van der Waals surface area contributed by atoms with E-state index in [1.165, 1.54) is 12.1 Å². The summed E-state index contributed by atoms with van der Waals surface area (Å²) in [6.07, 6.45) is 2.19. The van der Waals surface area contributed by atoms with Crippen LogP contribution in [0.25, 0.3) is 0 Å². The summed E-state index contributed by atoms with van der Waals surface area (Å²) in [5.74, 6) is -0.287. The second kappa shape index (κ2) is 4.92. The second-order valence-electron chi connectivity index (χ2n) is 4.93. The van der Waals surface area contributed by atoms with Gasteiger partial charge in [0.2, 0.25) is 0 Å². The average molecular weight is 237 g/mol. The monoisotopic (exact) mass is 237 g/mol. The van der Waals surface area contributed by atoms with Crippen LogP contribution in [0.4, 0.5) is 15.8 Å². The maximum Gasteiger partial charge on any atom is 0.125 e. The quantitative estimate of drug-likeness (QED) is 0.775. The van der Waals surface area contributed by atoms with Crippen molar-refractivity contribution in [3.63, 3.8) is 0 Å². The number of rotatable bonds is 2. The van der Waals surface area contributed by atoms with E-state index in [4.69, 9.17) is 5.73 Å². The van der Waals surface area contributed by atoms with Crippen molar-refractivity contribution >= 4 is 11.4 Å².